The molecule has 1 saturated heterocycles. The Morgan fingerprint density at radius 2 is 2.11 bits per heavy atom. The van der Waals surface area contributed by atoms with Gasteiger partial charge in [-0.2, -0.15) is 0 Å². The van der Waals surface area contributed by atoms with Crippen molar-refractivity contribution in [3.8, 4) is 0 Å². The Hall–Kier alpha value is -1.16. The Bertz CT molecular complexity index is 370. The monoisotopic (exact) mass is 248 g/mol. The van der Waals surface area contributed by atoms with E-state index in [2.05, 4.69) is 34.0 Å². The molecule has 0 aliphatic carbocycles. The summed E-state index contributed by atoms with van der Waals surface area (Å²) in [5.74, 6) is 2.78. The fourth-order valence-electron chi connectivity index (χ4n) is 2.73. The van der Waals surface area contributed by atoms with Crippen LogP contribution in [0.3, 0.4) is 0 Å². The summed E-state index contributed by atoms with van der Waals surface area (Å²) in [5, 5.41) is 3.18. The van der Waals surface area contributed by atoms with Gasteiger partial charge in [0.2, 0.25) is 0 Å². The Kier molecular flexibility index (Phi) is 4.53. The van der Waals surface area contributed by atoms with Crippen molar-refractivity contribution in [2.24, 2.45) is 11.8 Å². The molecule has 1 aliphatic heterocycles. The lowest BCUT2D eigenvalue weighted by Crippen LogP contribution is -2.36. The number of hydrogen-bond donors (Lipinski definition) is 1. The lowest BCUT2D eigenvalue weighted by atomic mass is 9.86. The summed E-state index contributed by atoms with van der Waals surface area (Å²) in [6.45, 7) is 7.74. The third-order valence-electron chi connectivity index (χ3n) is 3.91. The van der Waals surface area contributed by atoms with E-state index in [1.807, 2.05) is 13.2 Å². The van der Waals surface area contributed by atoms with Crippen molar-refractivity contribution in [2.45, 2.75) is 33.2 Å². The zero-order valence-electron chi connectivity index (χ0n) is 11.7. The second-order valence-electron chi connectivity index (χ2n) is 5.47. The van der Waals surface area contributed by atoms with Gasteiger partial charge in [-0.15, -0.1) is 0 Å². The van der Waals surface area contributed by atoms with Crippen molar-refractivity contribution in [1.29, 1.82) is 0 Å². The van der Waals surface area contributed by atoms with Crippen molar-refractivity contribution in [2.75, 3.05) is 25.0 Å². The predicted octanol–water partition coefficient (Wildman–Crippen LogP) is 2.07. The van der Waals surface area contributed by atoms with Crippen LogP contribution in [0.2, 0.25) is 0 Å². The first-order valence-corrected chi connectivity index (χ1v) is 6.90. The molecule has 4 nitrogen and oxygen atoms in total. The first-order valence-electron chi connectivity index (χ1n) is 6.90. The van der Waals surface area contributed by atoms with Gasteiger partial charge in [0.15, 0.2) is 0 Å². The van der Waals surface area contributed by atoms with Gasteiger partial charge >= 0.3 is 0 Å². The molecule has 0 saturated carbocycles. The molecule has 2 rings (SSSR count). The van der Waals surface area contributed by atoms with Gasteiger partial charge in [-0.3, -0.25) is 0 Å². The molecule has 1 aromatic heterocycles. The maximum absolute atomic E-state index is 4.47. The van der Waals surface area contributed by atoms with E-state index in [4.69, 9.17) is 0 Å². The summed E-state index contributed by atoms with van der Waals surface area (Å²) in [5.41, 5.74) is 1.20. The van der Waals surface area contributed by atoms with Crippen LogP contribution in [0, 0.1) is 11.8 Å². The fraction of sp³-hybridized carbons (Fsp3) is 0.714. The first-order chi connectivity index (χ1) is 8.72. The second-order valence-corrected chi connectivity index (χ2v) is 5.47. The lowest BCUT2D eigenvalue weighted by molar-refractivity contribution is 0.310. The Labute approximate surface area is 110 Å². The molecule has 0 spiro atoms. The SMILES string of the molecule is CNCc1cncnc1N1CCC(C(C)C)CC1. The molecule has 0 radical (unpaired) electrons. The number of nitrogens with zero attached hydrogens (tertiary/aromatic N) is 3. The van der Waals surface area contributed by atoms with Crippen molar-refractivity contribution in [3.63, 3.8) is 0 Å². The summed E-state index contributed by atoms with van der Waals surface area (Å²) >= 11 is 0. The minimum absolute atomic E-state index is 0.800. The van der Waals surface area contributed by atoms with Gasteiger partial charge in [-0.05, 0) is 31.7 Å². The smallest absolute Gasteiger partial charge is 0.136 e. The van der Waals surface area contributed by atoms with E-state index in [1.54, 1.807) is 6.33 Å². The highest BCUT2D eigenvalue weighted by Crippen LogP contribution is 2.28. The summed E-state index contributed by atoms with van der Waals surface area (Å²) in [6, 6.07) is 0. The third kappa shape index (κ3) is 2.99. The van der Waals surface area contributed by atoms with E-state index in [0.29, 0.717) is 0 Å². The van der Waals surface area contributed by atoms with Crippen molar-refractivity contribution >= 4 is 5.82 Å². The van der Waals surface area contributed by atoms with Crippen molar-refractivity contribution in [1.82, 2.24) is 15.3 Å². The van der Waals surface area contributed by atoms with Gasteiger partial charge in [0, 0.05) is 31.4 Å². The van der Waals surface area contributed by atoms with Crippen LogP contribution < -0.4 is 10.2 Å². The maximum Gasteiger partial charge on any atom is 0.136 e. The van der Waals surface area contributed by atoms with Crippen LogP contribution >= 0.6 is 0 Å². The van der Waals surface area contributed by atoms with Crippen LogP contribution in [0.15, 0.2) is 12.5 Å². The summed E-state index contributed by atoms with van der Waals surface area (Å²) in [6.07, 6.45) is 6.14. The average Bonchev–Trinajstić information content (AvgIpc) is 2.40. The summed E-state index contributed by atoms with van der Waals surface area (Å²) in [4.78, 5) is 11.0. The topological polar surface area (TPSA) is 41.1 Å². The van der Waals surface area contributed by atoms with Gasteiger partial charge in [-0.25, -0.2) is 9.97 Å². The molecule has 4 heteroatoms. The van der Waals surface area contributed by atoms with Crippen molar-refractivity contribution < 1.29 is 0 Å². The summed E-state index contributed by atoms with van der Waals surface area (Å²) in [7, 11) is 1.96. The second kappa shape index (κ2) is 6.14. The van der Waals surface area contributed by atoms with Gasteiger partial charge in [0.05, 0.1) is 0 Å². The highest BCUT2D eigenvalue weighted by Gasteiger charge is 2.23. The minimum atomic E-state index is 0.800. The van der Waals surface area contributed by atoms with E-state index in [-0.39, 0.29) is 0 Å². The van der Waals surface area contributed by atoms with Crippen molar-refractivity contribution in [3.05, 3.63) is 18.1 Å². The molecule has 1 aliphatic rings. The molecule has 1 aromatic rings. The average molecular weight is 248 g/mol. The van der Waals surface area contributed by atoms with Gasteiger partial charge in [0.25, 0.3) is 0 Å². The van der Waals surface area contributed by atoms with E-state index in [9.17, 15) is 0 Å². The number of hydrogen-bond acceptors (Lipinski definition) is 4. The van der Waals surface area contributed by atoms with E-state index in [0.717, 1.165) is 37.3 Å². The third-order valence-corrected chi connectivity index (χ3v) is 3.91. The number of aromatic nitrogens is 2. The van der Waals surface area contributed by atoms with Crippen LogP contribution in [0.4, 0.5) is 5.82 Å². The molecular weight excluding hydrogens is 224 g/mol. The molecule has 0 amide bonds. The summed E-state index contributed by atoms with van der Waals surface area (Å²) < 4.78 is 0. The predicted molar refractivity (Wildman–Crippen MR) is 74.6 cm³/mol. The molecule has 1 N–H and O–H groups in total. The Morgan fingerprint density at radius 3 is 2.72 bits per heavy atom. The van der Waals surface area contributed by atoms with Gasteiger partial charge in [0.1, 0.15) is 12.1 Å². The molecule has 100 valence electrons. The van der Waals surface area contributed by atoms with E-state index >= 15 is 0 Å². The lowest BCUT2D eigenvalue weighted by Gasteiger charge is -2.35. The highest BCUT2D eigenvalue weighted by atomic mass is 15.2. The molecule has 2 heterocycles. The first kappa shape index (κ1) is 13.3. The standard InChI is InChI=1S/C14H24N4/c1-11(2)12-4-6-18(7-5-12)14-13(8-15-3)9-16-10-17-14/h9-12,15H,4-8H2,1-3H3. The number of rotatable bonds is 4. The van der Waals surface area contributed by atoms with Crippen LogP contribution in [-0.2, 0) is 6.54 Å². The molecule has 0 bridgehead atoms. The van der Waals surface area contributed by atoms with Crippen LogP contribution in [0.1, 0.15) is 32.3 Å². The molecule has 0 aromatic carbocycles. The zero-order chi connectivity index (χ0) is 13.0. The van der Waals surface area contributed by atoms with E-state index in [1.165, 1.54) is 18.4 Å². The molecular formula is C14H24N4. The zero-order valence-corrected chi connectivity index (χ0v) is 11.7. The van der Waals surface area contributed by atoms with E-state index < -0.39 is 0 Å². The highest BCUT2D eigenvalue weighted by molar-refractivity contribution is 5.45. The van der Waals surface area contributed by atoms with Gasteiger partial charge < -0.3 is 10.2 Å². The molecule has 0 atom stereocenters. The van der Waals surface area contributed by atoms with Gasteiger partial charge in [-0.1, -0.05) is 13.8 Å². The van der Waals surface area contributed by atoms with Crippen LogP contribution in [-0.4, -0.2) is 30.1 Å². The minimum Gasteiger partial charge on any atom is -0.356 e. The Morgan fingerprint density at radius 1 is 1.39 bits per heavy atom. The Balaban J connectivity index is 2.05. The fourth-order valence-corrected chi connectivity index (χ4v) is 2.73. The normalized spacial score (nSPS) is 17.4. The molecule has 0 unspecified atom stereocenters. The quantitative estimate of drug-likeness (QED) is 0.885. The largest absolute Gasteiger partial charge is 0.356 e. The molecule has 18 heavy (non-hydrogen) atoms. The van der Waals surface area contributed by atoms with Crippen LogP contribution in [0.5, 0.6) is 0 Å². The molecule has 1 fully saturated rings. The number of piperidine rings is 1. The van der Waals surface area contributed by atoms with Crippen LogP contribution in [0.25, 0.3) is 0 Å². The number of nitrogens with one attached hydrogen (secondary N) is 1. The maximum atomic E-state index is 4.47. The number of anilines is 1.